The van der Waals surface area contributed by atoms with Crippen LogP contribution in [0.15, 0.2) is 6.07 Å². The number of rotatable bonds is 4. The van der Waals surface area contributed by atoms with Gasteiger partial charge in [-0.3, -0.25) is 4.79 Å². The molecule has 0 aromatic carbocycles. The Morgan fingerprint density at radius 3 is 2.71 bits per heavy atom. The molecule has 1 aromatic rings. The van der Waals surface area contributed by atoms with Crippen molar-refractivity contribution < 1.29 is 14.7 Å². The molecule has 0 saturated heterocycles. The molecule has 0 spiro atoms. The first kappa shape index (κ1) is 12.1. The number of carboxylic acid groups (broad SMARTS) is 1. The molecule has 0 aliphatic heterocycles. The maximum atomic E-state index is 11.7. The summed E-state index contributed by atoms with van der Waals surface area (Å²) in [4.78, 5) is 22.8. The van der Waals surface area contributed by atoms with Crippen LogP contribution in [0.3, 0.4) is 0 Å². The van der Waals surface area contributed by atoms with E-state index in [9.17, 15) is 9.59 Å². The van der Waals surface area contributed by atoms with Crippen LogP contribution in [0.2, 0.25) is 0 Å². The highest BCUT2D eigenvalue weighted by Crippen LogP contribution is 2.31. The molecule has 1 saturated carbocycles. The number of aryl methyl sites for hydroxylation is 1. The van der Waals surface area contributed by atoms with Gasteiger partial charge in [0, 0.05) is 6.42 Å². The SMILES string of the molecule is Cc1cc(NC(=O)CC2CCC2)sc1C(=O)O. The lowest BCUT2D eigenvalue weighted by Crippen LogP contribution is -2.20. The van der Waals surface area contributed by atoms with E-state index in [-0.39, 0.29) is 5.91 Å². The lowest BCUT2D eigenvalue weighted by atomic mass is 9.83. The first-order valence-electron chi connectivity index (χ1n) is 5.70. The second kappa shape index (κ2) is 4.87. The molecular formula is C12H15NO3S. The molecule has 1 aromatic heterocycles. The van der Waals surface area contributed by atoms with Crippen LogP contribution >= 0.6 is 11.3 Å². The maximum absolute atomic E-state index is 11.7. The van der Waals surface area contributed by atoms with Gasteiger partial charge in [-0.1, -0.05) is 6.42 Å². The quantitative estimate of drug-likeness (QED) is 0.867. The number of hydrogen-bond acceptors (Lipinski definition) is 3. The summed E-state index contributed by atoms with van der Waals surface area (Å²) in [6.45, 7) is 1.74. The van der Waals surface area contributed by atoms with Gasteiger partial charge in [0.2, 0.25) is 5.91 Å². The second-order valence-corrected chi connectivity index (χ2v) is 5.53. The van der Waals surface area contributed by atoms with E-state index in [1.54, 1.807) is 13.0 Å². The Labute approximate surface area is 104 Å². The third kappa shape index (κ3) is 2.85. The molecule has 0 bridgehead atoms. The minimum absolute atomic E-state index is 0.00658. The number of carbonyl (C=O) groups excluding carboxylic acids is 1. The summed E-state index contributed by atoms with van der Waals surface area (Å²) in [5, 5.41) is 12.3. The Morgan fingerprint density at radius 1 is 1.53 bits per heavy atom. The van der Waals surface area contributed by atoms with Gasteiger partial charge < -0.3 is 10.4 Å². The molecule has 17 heavy (non-hydrogen) atoms. The van der Waals surface area contributed by atoms with Crippen LogP contribution in [0.25, 0.3) is 0 Å². The minimum Gasteiger partial charge on any atom is -0.477 e. The molecule has 2 N–H and O–H groups in total. The summed E-state index contributed by atoms with van der Waals surface area (Å²) in [6.07, 6.45) is 4.05. The van der Waals surface area contributed by atoms with E-state index in [2.05, 4.69) is 5.32 Å². The molecule has 0 atom stereocenters. The van der Waals surface area contributed by atoms with Gasteiger partial charge in [-0.2, -0.15) is 0 Å². The molecule has 0 unspecified atom stereocenters. The van der Waals surface area contributed by atoms with Crippen LogP contribution in [0.4, 0.5) is 5.00 Å². The monoisotopic (exact) mass is 253 g/mol. The average Bonchev–Trinajstić information content (AvgIpc) is 2.53. The molecule has 0 radical (unpaired) electrons. The maximum Gasteiger partial charge on any atom is 0.346 e. The first-order chi connectivity index (χ1) is 8.06. The topological polar surface area (TPSA) is 66.4 Å². The fourth-order valence-electron chi connectivity index (χ4n) is 1.90. The standard InChI is InChI=1S/C12H15NO3S/c1-7-5-10(17-11(7)12(15)16)13-9(14)6-8-3-2-4-8/h5,8H,2-4,6H2,1H3,(H,13,14)(H,15,16). The highest BCUT2D eigenvalue weighted by Gasteiger charge is 2.21. The summed E-state index contributed by atoms with van der Waals surface area (Å²) >= 11 is 1.12. The van der Waals surface area contributed by atoms with Gasteiger partial charge in [0.05, 0.1) is 5.00 Å². The number of thiophene rings is 1. The fourth-order valence-corrected chi connectivity index (χ4v) is 2.83. The third-order valence-electron chi connectivity index (χ3n) is 3.07. The van der Waals surface area contributed by atoms with E-state index < -0.39 is 5.97 Å². The Bertz CT molecular complexity index is 449. The lowest BCUT2D eigenvalue weighted by Gasteiger charge is -2.24. The summed E-state index contributed by atoms with van der Waals surface area (Å²) in [7, 11) is 0. The molecule has 1 aliphatic rings. The predicted octanol–water partition coefficient (Wildman–Crippen LogP) is 2.88. The van der Waals surface area contributed by atoms with Crippen molar-refractivity contribution in [3.63, 3.8) is 0 Å². The molecular weight excluding hydrogens is 238 g/mol. The zero-order valence-corrected chi connectivity index (χ0v) is 10.5. The van der Waals surface area contributed by atoms with Gasteiger partial charge in [-0.25, -0.2) is 4.79 Å². The molecule has 5 heteroatoms. The lowest BCUT2D eigenvalue weighted by molar-refractivity contribution is -0.117. The number of carbonyl (C=O) groups is 2. The van der Waals surface area contributed by atoms with Crippen molar-refractivity contribution in [1.82, 2.24) is 0 Å². The molecule has 4 nitrogen and oxygen atoms in total. The van der Waals surface area contributed by atoms with Crippen molar-refractivity contribution in [3.05, 3.63) is 16.5 Å². The highest BCUT2D eigenvalue weighted by atomic mass is 32.1. The van der Waals surface area contributed by atoms with Crippen molar-refractivity contribution in [1.29, 1.82) is 0 Å². The van der Waals surface area contributed by atoms with Crippen LogP contribution in [0, 0.1) is 12.8 Å². The summed E-state index contributed by atoms with van der Waals surface area (Å²) in [5.74, 6) is -0.421. The van der Waals surface area contributed by atoms with Gasteiger partial charge in [0.1, 0.15) is 4.88 Å². The number of nitrogens with one attached hydrogen (secondary N) is 1. The molecule has 1 heterocycles. The number of hydrogen-bond donors (Lipinski definition) is 2. The second-order valence-electron chi connectivity index (χ2n) is 4.48. The van der Waals surface area contributed by atoms with E-state index >= 15 is 0 Å². The molecule has 1 fully saturated rings. The molecule has 92 valence electrons. The Balaban J connectivity index is 1.95. The van der Waals surface area contributed by atoms with Crippen molar-refractivity contribution in [3.8, 4) is 0 Å². The Hall–Kier alpha value is -1.36. The van der Waals surface area contributed by atoms with Crippen molar-refractivity contribution in [2.45, 2.75) is 32.6 Å². The van der Waals surface area contributed by atoms with Gasteiger partial charge >= 0.3 is 5.97 Å². The van der Waals surface area contributed by atoms with E-state index in [1.165, 1.54) is 6.42 Å². The van der Waals surface area contributed by atoms with Crippen molar-refractivity contribution >= 4 is 28.2 Å². The molecule has 2 rings (SSSR count). The van der Waals surface area contributed by atoms with Crippen molar-refractivity contribution in [2.75, 3.05) is 5.32 Å². The van der Waals surface area contributed by atoms with Gasteiger partial charge in [-0.15, -0.1) is 11.3 Å². The molecule has 1 aliphatic carbocycles. The van der Waals surface area contributed by atoms with E-state index in [0.717, 1.165) is 24.2 Å². The van der Waals surface area contributed by atoms with Gasteiger partial charge in [0.25, 0.3) is 0 Å². The first-order valence-corrected chi connectivity index (χ1v) is 6.51. The molecule has 1 amide bonds. The Morgan fingerprint density at radius 2 is 2.24 bits per heavy atom. The van der Waals surface area contributed by atoms with Crippen LogP contribution in [0.1, 0.15) is 40.9 Å². The average molecular weight is 253 g/mol. The van der Waals surface area contributed by atoms with Gasteiger partial charge in [0.15, 0.2) is 0 Å². The van der Waals surface area contributed by atoms with Crippen LogP contribution < -0.4 is 5.32 Å². The Kier molecular flexibility index (Phi) is 3.47. The predicted molar refractivity (Wildman–Crippen MR) is 66.6 cm³/mol. The van der Waals surface area contributed by atoms with E-state index in [1.807, 2.05) is 0 Å². The highest BCUT2D eigenvalue weighted by molar-refractivity contribution is 7.18. The van der Waals surface area contributed by atoms with Crippen LogP contribution in [-0.2, 0) is 4.79 Å². The normalized spacial score (nSPS) is 15.4. The van der Waals surface area contributed by atoms with Crippen LogP contribution in [0.5, 0.6) is 0 Å². The summed E-state index contributed by atoms with van der Waals surface area (Å²) in [6, 6.07) is 1.72. The zero-order chi connectivity index (χ0) is 12.4. The van der Waals surface area contributed by atoms with E-state index in [4.69, 9.17) is 5.11 Å². The summed E-state index contributed by atoms with van der Waals surface area (Å²) in [5.41, 5.74) is 0.696. The summed E-state index contributed by atoms with van der Waals surface area (Å²) < 4.78 is 0. The van der Waals surface area contributed by atoms with Crippen molar-refractivity contribution in [2.24, 2.45) is 5.92 Å². The fraction of sp³-hybridized carbons (Fsp3) is 0.500. The van der Waals surface area contributed by atoms with E-state index in [0.29, 0.717) is 27.8 Å². The van der Waals surface area contributed by atoms with Gasteiger partial charge in [-0.05, 0) is 37.3 Å². The third-order valence-corrected chi connectivity index (χ3v) is 4.21. The number of anilines is 1. The smallest absolute Gasteiger partial charge is 0.346 e. The largest absolute Gasteiger partial charge is 0.477 e. The number of amides is 1. The number of carboxylic acids is 1. The minimum atomic E-state index is -0.938. The zero-order valence-electron chi connectivity index (χ0n) is 9.66. The number of aromatic carboxylic acids is 1. The van der Waals surface area contributed by atoms with Crippen LogP contribution in [-0.4, -0.2) is 17.0 Å².